The molecule has 1 rings (SSSR count). The molecule has 1 amide bonds. The smallest absolute Gasteiger partial charge is 0.329 e. The molecule has 0 aliphatic carbocycles. The Kier molecular flexibility index (Phi) is 3.32. The van der Waals surface area contributed by atoms with Gasteiger partial charge < -0.3 is 10.0 Å². The summed E-state index contributed by atoms with van der Waals surface area (Å²) in [6.45, 7) is 4.77. The van der Waals surface area contributed by atoms with Crippen LogP contribution in [0.5, 0.6) is 0 Å². The normalized spacial score (nSPS) is 11.2. The number of carbonyl (C=O) groups is 2. The largest absolute Gasteiger partial charge is 0.480 e. The molecule has 1 heterocycles. The van der Waals surface area contributed by atoms with Crippen molar-refractivity contribution in [3.05, 3.63) is 16.1 Å². The van der Waals surface area contributed by atoms with E-state index >= 15 is 0 Å². The molecule has 1 N–H and O–H groups in total. The van der Waals surface area contributed by atoms with Gasteiger partial charge in [-0.05, 0) is 20.8 Å². The summed E-state index contributed by atoms with van der Waals surface area (Å²) >= 11 is 1.26. The van der Waals surface area contributed by atoms with E-state index in [1.54, 1.807) is 6.92 Å². The van der Waals surface area contributed by atoms with E-state index in [0.717, 1.165) is 5.01 Å². The number of aromatic nitrogens is 1. The number of carbonyl (C=O) groups excluding carboxylic acids is 1. The molecule has 0 spiro atoms. The monoisotopic (exact) mass is 242 g/mol. The lowest BCUT2D eigenvalue weighted by molar-refractivity contribution is -0.147. The van der Waals surface area contributed by atoms with Gasteiger partial charge >= 0.3 is 5.97 Å². The molecule has 16 heavy (non-hydrogen) atoms. The Morgan fingerprint density at radius 1 is 1.50 bits per heavy atom. The van der Waals surface area contributed by atoms with Gasteiger partial charge in [-0.3, -0.25) is 4.79 Å². The van der Waals surface area contributed by atoms with Crippen LogP contribution in [-0.4, -0.2) is 39.5 Å². The second kappa shape index (κ2) is 4.21. The van der Waals surface area contributed by atoms with Crippen molar-refractivity contribution in [3.8, 4) is 0 Å². The average Bonchev–Trinajstić information content (AvgIpc) is 2.62. The number of amides is 1. The topological polar surface area (TPSA) is 70.5 Å². The molecule has 0 saturated heterocycles. The molecule has 0 saturated carbocycles. The number of rotatable bonds is 3. The van der Waals surface area contributed by atoms with Crippen molar-refractivity contribution in [1.29, 1.82) is 0 Å². The molecule has 0 bridgehead atoms. The zero-order valence-corrected chi connectivity index (χ0v) is 10.5. The third-order valence-corrected chi connectivity index (χ3v) is 3.40. The summed E-state index contributed by atoms with van der Waals surface area (Å²) in [4.78, 5) is 28.6. The van der Waals surface area contributed by atoms with Gasteiger partial charge in [-0.15, -0.1) is 11.3 Å². The van der Waals surface area contributed by atoms with Crippen molar-refractivity contribution in [2.75, 3.05) is 7.05 Å². The van der Waals surface area contributed by atoms with E-state index in [0.29, 0.717) is 4.88 Å². The van der Waals surface area contributed by atoms with Crippen LogP contribution < -0.4 is 0 Å². The Hall–Kier alpha value is -1.43. The Labute approximate surface area is 97.7 Å². The standard InChI is InChI=1S/C10H14N2O3S/c1-6-11-5-7(16-6)8(13)12(4)10(2,3)9(14)15/h5H,1-4H3,(H,14,15). The van der Waals surface area contributed by atoms with Crippen molar-refractivity contribution < 1.29 is 14.7 Å². The van der Waals surface area contributed by atoms with Crippen LogP contribution in [0.1, 0.15) is 28.5 Å². The van der Waals surface area contributed by atoms with Crippen molar-refractivity contribution in [3.63, 3.8) is 0 Å². The highest BCUT2D eigenvalue weighted by Crippen LogP contribution is 2.19. The predicted molar refractivity (Wildman–Crippen MR) is 60.7 cm³/mol. The van der Waals surface area contributed by atoms with E-state index in [9.17, 15) is 9.59 Å². The molecule has 0 aliphatic heterocycles. The molecule has 0 radical (unpaired) electrons. The molecule has 1 aromatic rings. The van der Waals surface area contributed by atoms with Crippen LogP contribution in [0.25, 0.3) is 0 Å². The number of aliphatic carboxylic acids is 1. The lowest BCUT2D eigenvalue weighted by atomic mass is 10.0. The Balaban J connectivity index is 2.95. The summed E-state index contributed by atoms with van der Waals surface area (Å²) < 4.78 is 0. The van der Waals surface area contributed by atoms with Crippen molar-refractivity contribution >= 4 is 23.2 Å². The van der Waals surface area contributed by atoms with Gasteiger partial charge in [0.25, 0.3) is 5.91 Å². The zero-order chi connectivity index (χ0) is 12.5. The van der Waals surface area contributed by atoms with Gasteiger partial charge in [0.05, 0.1) is 11.2 Å². The zero-order valence-electron chi connectivity index (χ0n) is 9.64. The third kappa shape index (κ3) is 2.21. The molecule has 1 aromatic heterocycles. The van der Waals surface area contributed by atoms with E-state index < -0.39 is 11.5 Å². The average molecular weight is 242 g/mol. The Morgan fingerprint density at radius 3 is 2.44 bits per heavy atom. The molecule has 0 aromatic carbocycles. The van der Waals surface area contributed by atoms with Gasteiger partial charge in [-0.1, -0.05) is 0 Å². The number of likely N-dealkylation sites (N-methyl/N-ethyl adjacent to an activating group) is 1. The van der Waals surface area contributed by atoms with Gasteiger partial charge in [0, 0.05) is 7.05 Å². The second-order valence-corrected chi connectivity index (χ2v) is 5.21. The van der Waals surface area contributed by atoms with E-state index in [-0.39, 0.29) is 5.91 Å². The first kappa shape index (κ1) is 12.6. The minimum absolute atomic E-state index is 0.321. The summed E-state index contributed by atoms with van der Waals surface area (Å²) in [7, 11) is 1.48. The summed E-state index contributed by atoms with van der Waals surface area (Å²) in [5, 5.41) is 9.79. The number of aryl methyl sites for hydroxylation is 1. The quantitative estimate of drug-likeness (QED) is 0.869. The van der Waals surface area contributed by atoms with Gasteiger partial charge in [-0.2, -0.15) is 0 Å². The summed E-state index contributed by atoms with van der Waals surface area (Å²) in [6.07, 6.45) is 1.47. The van der Waals surface area contributed by atoms with Gasteiger partial charge in [0.1, 0.15) is 10.4 Å². The molecule has 5 nitrogen and oxygen atoms in total. The molecule has 0 aliphatic rings. The minimum atomic E-state index is -1.23. The number of carboxylic acids is 1. The highest BCUT2D eigenvalue weighted by atomic mass is 32.1. The minimum Gasteiger partial charge on any atom is -0.480 e. The van der Waals surface area contributed by atoms with E-state index in [1.807, 2.05) is 0 Å². The Morgan fingerprint density at radius 2 is 2.06 bits per heavy atom. The Bertz CT molecular complexity index is 425. The highest BCUT2D eigenvalue weighted by Gasteiger charge is 2.36. The first-order valence-corrected chi connectivity index (χ1v) is 5.52. The molecule has 0 fully saturated rings. The molecule has 88 valence electrons. The predicted octanol–water partition coefficient (Wildman–Crippen LogP) is 1.39. The molecule has 6 heteroatoms. The third-order valence-electron chi connectivity index (χ3n) is 2.50. The lowest BCUT2D eigenvalue weighted by Gasteiger charge is -2.30. The number of nitrogens with zero attached hydrogens (tertiary/aromatic N) is 2. The van der Waals surface area contributed by atoms with E-state index in [1.165, 1.54) is 43.3 Å². The van der Waals surface area contributed by atoms with E-state index in [4.69, 9.17) is 5.11 Å². The number of thiazole rings is 1. The maximum atomic E-state index is 11.9. The van der Waals surface area contributed by atoms with Crippen LogP contribution in [0.4, 0.5) is 0 Å². The lowest BCUT2D eigenvalue weighted by Crippen LogP contribution is -2.50. The molecular formula is C10H14N2O3S. The number of hydrogen-bond acceptors (Lipinski definition) is 4. The summed E-state index contributed by atoms with van der Waals surface area (Å²) in [5.41, 5.74) is -1.23. The van der Waals surface area contributed by atoms with Crippen molar-refractivity contribution in [2.24, 2.45) is 0 Å². The molecular weight excluding hydrogens is 228 g/mol. The fraction of sp³-hybridized carbons (Fsp3) is 0.500. The SMILES string of the molecule is Cc1ncc(C(=O)N(C)C(C)(C)C(=O)O)s1. The first-order chi connectivity index (χ1) is 7.26. The summed E-state index contributed by atoms with van der Waals surface area (Å²) in [5.74, 6) is -1.36. The number of hydrogen-bond donors (Lipinski definition) is 1. The number of carboxylic acid groups (broad SMARTS) is 1. The fourth-order valence-corrected chi connectivity index (χ4v) is 1.78. The van der Waals surface area contributed by atoms with E-state index in [2.05, 4.69) is 4.98 Å². The summed E-state index contributed by atoms with van der Waals surface area (Å²) in [6, 6.07) is 0. The van der Waals surface area contributed by atoms with Crippen molar-refractivity contribution in [1.82, 2.24) is 9.88 Å². The maximum Gasteiger partial charge on any atom is 0.329 e. The van der Waals surface area contributed by atoms with Crippen LogP contribution in [-0.2, 0) is 4.79 Å². The second-order valence-electron chi connectivity index (χ2n) is 3.97. The highest BCUT2D eigenvalue weighted by molar-refractivity contribution is 7.13. The molecule has 0 atom stereocenters. The van der Waals surface area contributed by atoms with Crippen LogP contribution in [0.15, 0.2) is 6.20 Å². The van der Waals surface area contributed by atoms with Gasteiger partial charge in [-0.25, -0.2) is 9.78 Å². The van der Waals surface area contributed by atoms with Crippen LogP contribution in [0.2, 0.25) is 0 Å². The van der Waals surface area contributed by atoms with Gasteiger partial charge in [0.15, 0.2) is 0 Å². The van der Waals surface area contributed by atoms with Crippen LogP contribution in [0.3, 0.4) is 0 Å². The van der Waals surface area contributed by atoms with Crippen LogP contribution in [0, 0.1) is 6.92 Å². The fourth-order valence-electron chi connectivity index (χ4n) is 1.02. The first-order valence-electron chi connectivity index (χ1n) is 4.71. The van der Waals surface area contributed by atoms with Crippen LogP contribution >= 0.6 is 11.3 Å². The van der Waals surface area contributed by atoms with Crippen molar-refractivity contribution in [2.45, 2.75) is 26.3 Å². The maximum absolute atomic E-state index is 11.9. The molecule has 0 unspecified atom stereocenters. The van der Waals surface area contributed by atoms with Gasteiger partial charge in [0.2, 0.25) is 0 Å².